The maximum Gasteiger partial charge on any atom is 0.226 e. The standard InChI is InChI=1S/C11H24N2O/c1-6-10(7-2)13(5)11(14)9(3)8-12-4/h9-10,12H,6-8H2,1-5H3. The fourth-order valence-electron chi connectivity index (χ4n) is 1.76. The molecule has 84 valence electrons. The first kappa shape index (κ1) is 13.4. The summed E-state index contributed by atoms with van der Waals surface area (Å²) in [7, 11) is 3.78. The molecule has 0 fully saturated rings. The Balaban J connectivity index is 4.21. The van der Waals surface area contributed by atoms with Gasteiger partial charge in [0.2, 0.25) is 5.91 Å². The average Bonchev–Trinajstić information content (AvgIpc) is 2.18. The Hall–Kier alpha value is -0.570. The van der Waals surface area contributed by atoms with E-state index < -0.39 is 0 Å². The quantitative estimate of drug-likeness (QED) is 0.704. The van der Waals surface area contributed by atoms with Gasteiger partial charge in [-0.1, -0.05) is 20.8 Å². The lowest BCUT2D eigenvalue weighted by Gasteiger charge is -2.28. The van der Waals surface area contributed by atoms with Crippen LogP contribution in [0.25, 0.3) is 0 Å². The molecule has 0 aromatic rings. The normalized spacial score (nSPS) is 13.0. The van der Waals surface area contributed by atoms with Crippen molar-refractivity contribution in [2.45, 2.75) is 39.7 Å². The van der Waals surface area contributed by atoms with Gasteiger partial charge in [0.25, 0.3) is 0 Å². The maximum absolute atomic E-state index is 11.9. The molecule has 0 saturated heterocycles. The highest BCUT2D eigenvalue weighted by Gasteiger charge is 2.21. The molecular weight excluding hydrogens is 176 g/mol. The SMILES string of the molecule is CCC(CC)N(C)C(=O)C(C)CNC. The van der Waals surface area contributed by atoms with Crippen molar-refractivity contribution in [1.29, 1.82) is 0 Å². The third-order valence-corrected chi connectivity index (χ3v) is 2.77. The minimum absolute atomic E-state index is 0.0746. The molecule has 3 heteroatoms. The molecule has 1 atom stereocenters. The number of hydrogen-bond acceptors (Lipinski definition) is 2. The monoisotopic (exact) mass is 200 g/mol. The fourth-order valence-corrected chi connectivity index (χ4v) is 1.76. The van der Waals surface area contributed by atoms with Crippen molar-refractivity contribution in [3.8, 4) is 0 Å². The van der Waals surface area contributed by atoms with Crippen LogP contribution in [0, 0.1) is 5.92 Å². The summed E-state index contributed by atoms with van der Waals surface area (Å²) in [5, 5.41) is 3.03. The van der Waals surface area contributed by atoms with Crippen LogP contribution in [0.15, 0.2) is 0 Å². The summed E-state index contributed by atoms with van der Waals surface area (Å²) in [6, 6.07) is 0.391. The first-order valence-corrected chi connectivity index (χ1v) is 5.49. The second-order valence-electron chi connectivity index (χ2n) is 3.88. The summed E-state index contributed by atoms with van der Waals surface area (Å²) in [6.07, 6.45) is 2.07. The molecule has 0 aliphatic carbocycles. The molecule has 3 nitrogen and oxygen atoms in total. The van der Waals surface area contributed by atoms with E-state index in [1.807, 2.05) is 25.9 Å². The van der Waals surface area contributed by atoms with Crippen molar-refractivity contribution in [3.05, 3.63) is 0 Å². The van der Waals surface area contributed by atoms with Crippen LogP contribution in [0.4, 0.5) is 0 Å². The Morgan fingerprint density at radius 3 is 2.21 bits per heavy atom. The molecule has 0 bridgehead atoms. The van der Waals surface area contributed by atoms with Gasteiger partial charge in [-0.05, 0) is 19.9 Å². The number of carbonyl (C=O) groups excluding carboxylic acids is 1. The van der Waals surface area contributed by atoms with E-state index in [2.05, 4.69) is 19.2 Å². The van der Waals surface area contributed by atoms with Crippen LogP contribution in [-0.2, 0) is 4.79 Å². The Kier molecular flexibility index (Phi) is 6.54. The van der Waals surface area contributed by atoms with Gasteiger partial charge < -0.3 is 10.2 Å². The molecule has 1 N–H and O–H groups in total. The van der Waals surface area contributed by atoms with Gasteiger partial charge in [0.05, 0.1) is 0 Å². The van der Waals surface area contributed by atoms with E-state index in [1.54, 1.807) is 0 Å². The van der Waals surface area contributed by atoms with Gasteiger partial charge in [-0.2, -0.15) is 0 Å². The summed E-state index contributed by atoms with van der Waals surface area (Å²) < 4.78 is 0. The first-order chi connectivity index (χ1) is 6.58. The van der Waals surface area contributed by atoms with Crippen LogP contribution >= 0.6 is 0 Å². The summed E-state index contributed by atoms with van der Waals surface area (Å²) in [5.74, 6) is 0.318. The van der Waals surface area contributed by atoms with E-state index in [0.717, 1.165) is 19.4 Å². The molecule has 0 spiro atoms. The largest absolute Gasteiger partial charge is 0.343 e. The zero-order chi connectivity index (χ0) is 11.1. The molecule has 0 aromatic heterocycles. The second kappa shape index (κ2) is 6.82. The van der Waals surface area contributed by atoms with Crippen molar-refractivity contribution in [3.63, 3.8) is 0 Å². The van der Waals surface area contributed by atoms with E-state index in [4.69, 9.17) is 0 Å². The van der Waals surface area contributed by atoms with Crippen LogP contribution in [0.1, 0.15) is 33.6 Å². The topological polar surface area (TPSA) is 32.3 Å². The Bertz CT molecular complexity index is 167. The molecule has 0 aliphatic rings. The van der Waals surface area contributed by atoms with Gasteiger partial charge in [-0.15, -0.1) is 0 Å². The van der Waals surface area contributed by atoms with Gasteiger partial charge in [0, 0.05) is 25.6 Å². The summed E-state index contributed by atoms with van der Waals surface area (Å²) >= 11 is 0. The maximum atomic E-state index is 11.9. The van der Waals surface area contributed by atoms with Crippen LogP contribution in [-0.4, -0.2) is 37.5 Å². The minimum atomic E-state index is 0.0746. The van der Waals surface area contributed by atoms with Gasteiger partial charge in [0.15, 0.2) is 0 Å². The molecule has 0 radical (unpaired) electrons. The number of nitrogens with zero attached hydrogens (tertiary/aromatic N) is 1. The Morgan fingerprint density at radius 2 is 1.86 bits per heavy atom. The molecule has 1 unspecified atom stereocenters. The lowest BCUT2D eigenvalue weighted by molar-refractivity contribution is -0.135. The first-order valence-electron chi connectivity index (χ1n) is 5.49. The van der Waals surface area contributed by atoms with Crippen LogP contribution < -0.4 is 5.32 Å². The van der Waals surface area contributed by atoms with Gasteiger partial charge in [-0.25, -0.2) is 0 Å². The second-order valence-corrected chi connectivity index (χ2v) is 3.88. The number of hydrogen-bond donors (Lipinski definition) is 1. The smallest absolute Gasteiger partial charge is 0.226 e. The minimum Gasteiger partial charge on any atom is -0.343 e. The zero-order valence-corrected chi connectivity index (χ0v) is 10.1. The van der Waals surface area contributed by atoms with E-state index in [0.29, 0.717) is 6.04 Å². The average molecular weight is 200 g/mol. The van der Waals surface area contributed by atoms with Crippen molar-refractivity contribution < 1.29 is 4.79 Å². The number of nitrogens with one attached hydrogen (secondary N) is 1. The van der Waals surface area contributed by atoms with E-state index in [1.165, 1.54) is 0 Å². The van der Waals surface area contributed by atoms with E-state index in [9.17, 15) is 4.79 Å². The Labute approximate surface area is 87.9 Å². The summed E-state index contributed by atoms with van der Waals surface area (Å²) in [5.41, 5.74) is 0. The third kappa shape index (κ3) is 3.66. The van der Waals surface area contributed by atoms with Crippen molar-refractivity contribution in [2.24, 2.45) is 5.92 Å². The van der Waals surface area contributed by atoms with Crippen molar-refractivity contribution in [2.75, 3.05) is 20.6 Å². The highest BCUT2D eigenvalue weighted by Crippen LogP contribution is 2.09. The van der Waals surface area contributed by atoms with Crippen LogP contribution in [0.5, 0.6) is 0 Å². The molecule has 14 heavy (non-hydrogen) atoms. The van der Waals surface area contributed by atoms with Crippen molar-refractivity contribution >= 4 is 5.91 Å². The lowest BCUT2D eigenvalue weighted by Crippen LogP contribution is -2.41. The highest BCUT2D eigenvalue weighted by molar-refractivity contribution is 5.78. The van der Waals surface area contributed by atoms with Crippen LogP contribution in [0.2, 0.25) is 0 Å². The predicted octanol–water partition coefficient (Wildman–Crippen LogP) is 1.49. The third-order valence-electron chi connectivity index (χ3n) is 2.77. The molecule has 0 saturated carbocycles. The molecule has 0 aliphatic heterocycles. The predicted molar refractivity (Wildman–Crippen MR) is 60.2 cm³/mol. The molecule has 0 rings (SSSR count). The van der Waals surface area contributed by atoms with Crippen molar-refractivity contribution in [1.82, 2.24) is 10.2 Å². The Morgan fingerprint density at radius 1 is 1.36 bits per heavy atom. The zero-order valence-electron chi connectivity index (χ0n) is 10.1. The number of carbonyl (C=O) groups is 1. The summed E-state index contributed by atoms with van der Waals surface area (Å²) in [6.45, 7) is 6.97. The fraction of sp³-hybridized carbons (Fsp3) is 0.909. The van der Waals surface area contributed by atoms with Crippen LogP contribution in [0.3, 0.4) is 0 Å². The van der Waals surface area contributed by atoms with Gasteiger partial charge in [-0.3, -0.25) is 4.79 Å². The van der Waals surface area contributed by atoms with Gasteiger partial charge >= 0.3 is 0 Å². The molecule has 0 heterocycles. The van der Waals surface area contributed by atoms with E-state index in [-0.39, 0.29) is 11.8 Å². The lowest BCUT2D eigenvalue weighted by atomic mass is 10.1. The number of amides is 1. The highest BCUT2D eigenvalue weighted by atomic mass is 16.2. The van der Waals surface area contributed by atoms with E-state index >= 15 is 0 Å². The van der Waals surface area contributed by atoms with Gasteiger partial charge in [0.1, 0.15) is 0 Å². The summed E-state index contributed by atoms with van der Waals surface area (Å²) in [4.78, 5) is 13.8. The molecular formula is C11H24N2O. The number of rotatable bonds is 6. The molecule has 0 aromatic carbocycles. The molecule has 1 amide bonds.